The number of nitrogens with zero attached hydrogens (tertiary/aromatic N) is 1. The van der Waals surface area contributed by atoms with Gasteiger partial charge in [0.05, 0.1) is 6.10 Å². The first-order valence-corrected chi connectivity index (χ1v) is 7.58. The van der Waals surface area contributed by atoms with Crippen molar-refractivity contribution in [1.82, 2.24) is 10.2 Å². The van der Waals surface area contributed by atoms with Crippen LogP contribution in [0.4, 0.5) is 4.39 Å². The van der Waals surface area contributed by atoms with E-state index in [2.05, 4.69) is 10.2 Å². The molecule has 1 heterocycles. The molecule has 0 atom stereocenters. The molecule has 1 aliphatic heterocycles. The third-order valence-electron chi connectivity index (χ3n) is 3.71. The Morgan fingerprint density at radius 2 is 2.10 bits per heavy atom. The summed E-state index contributed by atoms with van der Waals surface area (Å²) in [4.78, 5) is 2.37. The first kappa shape index (κ1) is 15.7. The molecule has 5 heteroatoms. The number of nitrogens with one attached hydrogen (secondary N) is 1. The fourth-order valence-corrected chi connectivity index (χ4v) is 2.67. The van der Waals surface area contributed by atoms with E-state index in [1.165, 1.54) is 6.07 Å². The largest absolute Gasteiger partial charge is 0.393 e. The van der Waals surface area contributed by atoms with E-state index in [-0.39, 0.29) is 11.9 Å². The normalized spacial score (nSPS) is 17.6. The Bertz CT molecular complexity index is 422. The molecule has 0 unspecified atom stereocenters. The Morgan fingerprint density at radius 1 is 1.35 bits per heavy atom. The number of likely N-dealkylation sites (tertiary alicyclic amines) is 1. The minimum atomic E-state index is -0.216. The zero-order valence-corrected chi connectivity index (χ0v) is 12.4. The van der Waals surface area contributed by atoms with Gasteiger partial charge in [-0.3, -0.25) is 0 Å². The van der Waals surface area contributed by atoms with E-state index in [9.17, 15) is 9.50 Å². The zero-order chi connectivity index (χ0) is 14.4. The average Bonchev–Trinajstić information content (AvgIpc) is 2.44. The van der Waals surface area contributed by atoms with Crippen LogP contribution in [-0.2, 0) is 6.54 Å². The molecule has 0 aliphatic carbocycles. The molecule has 112 valence electrons. The van der Waals surface area contributed by atoms with E-state index >= 15 is 0 Å². The molecule has 1 fully saturated rings. The third kappa shape index (κ3) is 5.02. The Balaban J connectivity index is 1.61. The second kappa shape index (κ2) is 7.93. The summed E-state index contributed by atoms with van der Waals surface area (Å²) in [5.41, 5.74) is 0.610. The van der Waals surface area contributed by atoms with Gasteiger partial charge >= 0.3 is 0 Å². The average molecular weight is 301 g/mol. The van der Waals surface area contributed by atoms with E-state index < -0.39 is 0 Å². The van der Waals surface area contributed by atoms with Crippen molar-refractivity contribution in [1.29, 1.82) is 0 Å². The number of rotatable bonds is 6. The minimum Gasteiger partial charge on any atom is -0.393 e. The SMILES string of the molecule is OC1CCN(CCCNCc2cc(Cl)ccc2F)CC1. The molecule has 1 aliphatic rings. The van der Waals surface area contributed by atoms with Crippen LogP contribution in [0.5, 0.6) is 0 Å². The van der Waals surface area contributed by atoms with Crippen molar-refractivity contribution in [2.24, 2.45) is 0 Å². The second-order valence-corrected chi connectivity index (χ2v) is 5.78. The van der Waals surface area contributed by atoms with E-state index in [0.29, 0.717) is 17.1 Å². The van der Waals surface area contributed by atoms with Gasteiger partial charge in [-0.15, -0.1) is 0 Å². The molecule has 2 rings (SSSR count). The van der Waals surface area contributed by atoms with Gasteiger partial charge in [0.25, 0.3) is 0 Å². The quantitative estimate of drug-likeness (QED) is 0.792. The maximum absolute atomic E-state index is 13.5. The monoisotopic (exact) mass is 300 g/mol. The lowest BCUT2D eigenvalue weighted by atomic mass is 10.1. The molecule has 0 saturated carbocycles. The summed E-state index contributed by atoms with van der Waals surface area (Å²) in [6.45, 7) is 4.34. The predicted octanol–water partition coefficient (Wildman–Crippen LogP) is 2.42. The summed E-state index contributed by atoms with van der Waals surface area (Å²) in [5, 5.41) is 13.2. The number of halogens is 2. The Hall–Kier alpha value is -0.680. The topological polar surface area (TPSA) is 35.5 Å². The molecule has 0 aromatic heterocycles. The molecule has 3 nitrogen and oxygen atoms in total. The first-order chi connectivity index (χ1) is 9.65. The molecule has 0 amide bonds. The van der Waals surface area contributed by atoms with Crippen LogP contribution in [0.1, 0.15) is 24.8 Å². The molecule has 1 aromatic carbocycles. The maximum atomic E-state index is 13.5. The second-order valence-electron chi connectivity index (χ2n) is 5.34. The van der Waals surface area contributed by atoms with Crippen molar-refractivity contribution in [2.75, 3.05) is 26.2 Å². The minimum absolute atomic E-state index is 0.116. The van der Waals surface area contributed by atoms with Crippen LogP contribution >= 0.6 is 11.6 Å². The molecule has 2 N–H and O–H groups in total. The van der Waals surface area contributed by atoms with Gasteiger partial charge in [-0.2, -0.15) is 0 Å². The van der Waals surface area contributed by atoms with Gasteiger partial charge in [0.15, 0.2) is 0 Å². The summed E-state index contributed by atoms with van der Waals surface area (Å²) in [6.07, 6.45) is 2.66. The molecular weight excluding hydrogens is 279 g/mol. The maximum Gasteiger partial charge on any atom is 0.127 e. The summed E-state index contributed by atoms with van der Waals surface area (Å²) >= 11 is 5.85. The van der Waals surface area contributed by atoms with Gasteiger partial charge in [-0.05, 0) is 50.6 Å². The molecule has 1 aromatic rings. The number of piperidine rings is 1. The van der Waals surface area contributed by atoms with Crippen LogP contribution in [0.25, 0.3) is 0 Å². The Labute approximate surface area is 124 Å². The summed E-state index contributed by atoms with van der Waals surface area (Å²) in [6, 6.07) is 4.62. The van der Waals surface area contributed by atoms with Crippen LogP contribution < -0.4 is 5.32 Å². The van der Waals surface area contributed by atoms with Crippen LogP contribution in [0.15, 0.2) is 18.2 Å². The molecule has 20 heavy (non-hydrogen) atoms. The predicted molar refractivity (Wildman–Crippen MR) is 79.4 cm³/mol. The van der Waals surface area contributed by atoms with Gasteiger partial charge in [0.1, 0.15) is 5.82 Å². The lowest BCUT2D eigenvalue weighted by molar-refractivity contribution is 0.0821. The number of aliphatic hydroxyl groups is 1. The van der Waals surface area contributed by atoms with E-state index in [0.717, 1.165) is 45.4 Å². The molecule has 0 radical (unpaired) electrons. The van der Waals surface area contributed by atoms with Crippen molar-refractivity contribution >= 4 is 11.6 Å². The number of hydrogen-bond acceptors (Lipinski definition) is 3. The highest BCUT2D eigenvalue weighted by Gasteiger charge is 2.15. The highest BCUT2D eigenvalue weighted by molar-refractivity contribution is 6.30. The van der Waals surface area contributed by atoms with Crippen molar-refractivity contribution in [3.05, 3.63) is 34.6 Å². The van der Waals surface area contributed by atoms with Crippen LogP contribution in [0.3, 0.4) is 0 Å². The summed E-state index contributed by atoms with van der Waals surface area (Å²) in [7, 11) is 0. The summed E-state index contributed by atoms with van der Waals surface area (Å²) < 4.78 is 13.5. The molecule has 1 saturated heterocycles. The molecule has 0 bridgehead atoms. The van der Waals surface area contributed by atoms with Gasteiger partial charge < -0.3 is 15.3 Å². The Morgan fingerprint density at radius 3 is 2.85 bits per heavy atom. The fourth-order valence-electron chi connectivity index (χ4n) is 2.47. The number of aliphatic hydroxyl groups excluding tert-OH is 1. The smallest absolute Gasteiger partial charge is 0.127 e. The highest BCUT2D eigenvalue weighted by Crippen LogP contribution is 2.14. The van der Waals surface area contributed by atoms with E-state index in [1.807, 2.05) is 0 Å². The highest BCUT2D eigenvalue weighted by atomic mass is 35.5. The van der Waals surface area contributed by atoms with E-state index in [4.69, 9.17) is 11.6 Å². The van der Waals surface area contributed by atoms with Gasteiger partial charge in [-0.25, -0.2) is 4.39 Å². The zero-order valence-electron chi connectivity index (χ0n) is 11.6. The van der Waals surface area contributed by atoms with Gasteiger partial charge in [-0.1, -0.05) is 11.6 Å². The van der Waals surface area contributed by atoms with Crippen molar-refractivity contribution in [3.8, 4) is 0 Å². The van der Waals surface area contributed by atoms with Crippen molar-refractivity contribution in [3.63, 3.8) is 0 Å². The van der Waals surface area contributed by atoms with Crippen molar-refractivity contribution < 1.29 is 9.50 Å². The van der Waals surface area contributed by atoms with Crippen LogP contribution in [0, 0.1) is 5.82 Å². The Kier molecular flexibility index (Phi) is 6.23. The molecular formula is C15H22ClFN2O. The summed E-state index contributed by atoms with van der Waals surface area (Å²) in [5.74, 6) is -0.216. The number of hydrogen-bond donors (Lipinski definition) is 2. The third-order valence-corrected chi connectivity index (χ3v) is 3.94. The first-order valence-electron chi connectivity index (χ1n) is 7.20. The molecule has 0 spiro atoms. The van der Waals surface area contributed by atoms with Crippen molar-refractivity contribution in [2.45, 2.75) is 31.9 Å². The number of benzene rings is 1. The van der Waals surface area contributed by atoms with Crippen LogP contribution in [-0.4, -0.2) is 42.3 Å². The van der Waals surface area contributed by atoms with Crippen LogP contribution in [0.2, 0.25) is 5.02 Å². The lowest BCUT2D eigenvalue weighted by Crippen LogP contribution is -2.37. The van der Waals surface area contributed by atoms with E-state index in [1.54, 1.807) is 12.1 Å². The lowest BCUT2D eigenvalue weighted by Gasteiger charge is -2.29. The van der Waals surface area contributed by atoms with Gasteiger partial charge in [0, 0.05) is 30.2 Å². The van der Waals surface area contributed by atoms with Gasteiger partial charge in [0.2, 0.25) is 0 Å². The standard InChI is InChI=1S/C15H22ClFN2O/c16-13-2-3-15(17)12(10-13)11-18-6-1-7-19-8-4-14(20)5-9-19/h2-3,10,14,18,20H,1,4-9,11H2. The fraction of sp³-hybridized carbons (Fsp3) is 0.600.